The molecule has 1 aromatic heterocycles. The van der Waals surface area contributed by atoms with Crippen molar-refractivity contribution in [2.45, 2.75) is 38.7 Å². The topological polar surface area (TPSA) is 93.2 Å². The van der Waals surface area contributed by atoms with Crippen molar-refractivity contribution in [3.63, 3.8) is 0 Å². The Hall–Kier alpha value is -2.48. The van der Waals surface area contributed by atoms with Crippen LogP contribution in [0.1, 0.15) is 48.0 Å². The number of nitrogens with one attached hydrogen (secondary N) is 2. The summed E-state index contributed by atoms with van der Waals surface area (Å²) >= 11 is 1.39. The highest BCUT2D eigenvalue weighted by Gasteiger charge is 2.27. The van der Waals surface area contributed by atoms with E-state index in [9.17, 15) is 9.59 Å². The number of anilines is 1. The number of nitrogens with zero attached hydrogens (tertiary/aromatic N) is 2. The van der Waals surface area contributed by atoms with Crippen LogP contribution in [0, 0.1) is 0 Å². The number of carbonyl (C=O) groups is 2. The molecule has 2 aromatic rings. The van der Waals surface area contributed by atoms with E-state index in [1.165, 1.54) is 11.3 Å². The van der Waals surface area contributed by atoms with Gasteiger partial charge in [0.25, 0.3) is 5.91 Å². The van der Waals surface area contributed by atoms with Gasteiger partial charge >= 0.3 is 0 Å². The SMILES string of the molecule is CC(C)Oc1ccc(C(=O)NCC(=O)Nc2nnc(C3CC3)s2)cc1. The molecular formula is C17H20N4O3S. The van der Waals surface area contributed by atoms with E-state index in [4.69, 9.17) is 4.74 Å². The molecule has 0 saturated heterocycles. The van der Waals surface area contributed by atoms with Crippen LogP contribution in [0.3, 0.4) is 0 Å². The van der Waals surface area contributed by atoms with Gasteiger partial charge in [0.1, 0.15) is 10.8 Å². The second-order valence-corrected chi connectivity index (χ2v) is 7.15. The van der Waals surface area contributed by atoms with Crippen LogP contribution in [-0.4, -0.2) is 34.7 Å². The molecule has 0 bridgehead atoms. The standard InChI is InChI=1S/C17H20N4O3S/c1-10(2)24-13-7-5-11(6-8-13)15(23)18-9-14(22)19-17-21-20-16(25-17)12-3-4-12/h5-8,10,12H,3-4,9H2,1-2H3,(H,18,23)(H,19,21,22). The fourth-order valence-corrected chi connectivity index (χ4v) is 3.09. The van der Waals surface area contributed by atoms with Crippen LogP contribution in [0.5, 0.6) is 5.75 Å². The van der Waals surface area contributed by atoms with Crippen molar-refractivity contribution in [2.75, 3.05) is 11.9 Å². The molecule has 0 atom stereocenters. The predicted molar refractivity (Wildman–Crippen MR) is 95.1 cm³/mol. The van der Waals surface area contributed by atoms with Gasteiger partial charge in [0, 0.05) is 11.5 Å². The molecule has 1 fully saturated rings. The third-order valence-corrected chi connectivity index (χ3v) is 4.51. The summed E-state index contributed by atoms with van der Waals surface area (Å²) in [6.07, 6.45) is 2.35. The molecule has 8 heteroatoms. The Morgan fingerprint density at radius 1 is 1.24 bits per heavy atom. The molecule has 0 unspecified atom stereocenters. The lowest BCUT2D eigenvalue weighted by Crippen LogP contribution is -2.32. The molecule has 3 rings (SSSR count). The Morgan fingerprint density at radius 3 is 2.60 bits per heavy atom. The average molecular weight is 360 g/mol. The van der Waals surface area contributed by atoms with Gasteiger partial charge in [0.2, 0.25) is 11.0 Å². The van der Waals surface area contributed by atoms with E-state index in [1.54, 1.807) is 24.3 Å². The second kappa shape index (κ2) is 7.60. The molecule has 1 aliphatic rings. The Kier molecular flexibility index (Phi) is 5.28. The van der Waals surface area contributed by atoms with Gasteiger partial charge in [-0.3, -0.25) is 14.9 Å². The number of hydrogen-bond donors (Lipinski definition) is 2. The van der Waals surface area contributed by atoms with Crippen molar-refractivity contribution < 1.29 is 14.3 Å². The normalized spacial score (nSPS) is 13.6. The van der Waals surface area contributed by atoms with Gasteiger partial charge < -0.3 is 10.1 Å². The zero-order valence-corrected chi connectivity index (χ0v) is 14.9. The predicted octanol–water partition coefficient (Wildman–Crippen LogP) is 2.57. The number of aromatic nitrogens is 2. The molecule has 0 aliphatic heterocycles. The largest absolute Gasteiger partial charge is 0.491 e. The van der Waals surface area contributed by atoms with Crippen molar-refractivity contribution in [3.8, 4) is 5.75 Å². The first-order valence-electron chi connectivity index (χ1n) is 8.19. The smallest absolute Gasteiger partial charge is 0.251 e. The molecule has 0 spiro atoms. The lowest BCUT2D eigenvalue weighted by atomic mass is 10.2. The van der Waals surface area contributed by atoms with Crippen molar-refractivity contribution in [1.82, 2.24) is 15.5 Å². The lowest BCUT2D eigenvalue weighted by Gasteiger charge is -2.10. The van der Waals surface area contributed by atoms with E-state index in [0.29, 0.717) is 22.4 Å². The van der Waals surface area contributed by atoms with Gasteiger partial charge in [-0.05, 0) is 51.0 Å². The third-order valence-electron chi connectivity index (χ3n) is 3.51. The van der Waals surface area contributed by atoms with Gasteiger partial charge in [-0.25, -0.2) is 0 Å². The highest BCUT2D eigenvalue weighted by atomic mass is 32.1. The first kappa shape index (κ1) is 17.3. The van der Waals surface area contributed by atoms with Gasteiger partial charge in [0.05, 0.1) is 12.6 Å². The van der Waals surface area contributed by atoms with E-state index >= 15 is 0 Å². The summed E-state index contributed by atoms with van der Waals surface area (Å²) in [5.41, 5.74) is 0.468. The molecule has 2 amide bonds. The number of benzene rings is 1. The Balaban J connectivity index is 1.46. The zero-order chi connectivity index (χ0) is 17.8. The Morgan fingerprint density at radius 2 is 1.96 bits per heavy atom. The summed E-state index contributed by atoms with van der Waals surface area (Å²) in [5.74, 6) is 0.561. The molecule has 0 radical (unpaired) electrons. The maximum absolute atomic E-state index is 12.1. The molecule has 1 saturated carbocycles. The van der Waals surface area contributed by atoms with Gasteiger partial charge in [-0.1, -0.05) is 11.3 Å². The first-order chi connectivity index (χ1) is 12.0. The van der Waals surface area contributed by atoms with E-state index < -0.39 is 0 Å². The fourth-order valence-electron chi connectivity index (χ4n) is 2.16. The molecular weight excluding hydrogens is 340 g/mol. The molecule has 1 heterocycles. The fraction of sp³-hybridized carbons (Fsp3) is 0.412. The summed E-state index contributed by atoms with van der Waals surface area (Å²) in [4.78, 5) is 24.0. The van der Waals surface area contributed by atoms with E-state index in [0.717, 1.165) is 17.8 Å². The number of amides is 2. The van der Waals surface area contributed by atoms with Crippen molar-refractivity contribution >= 4 is 28.3 Å². The summed E-state index contributed by atoms with van der Waals surface area (Å²) in [5, 5.41) is 14.7. The minimum Gasteiger partial charge on any atom is -0.491 e. The van der Waals surface area contributed by atoms with Crippen molar-refractivity contribution in [2.24, 2.45) is 0 Å². The molecule has 1 aromatic carbocycles. The number of hydrogen-bond acceptors (Lipinski definition) is 6. The monoisotopic (exact) mass is 360 g/mol. The minimum atomic E-state index is -0.327. The average Bonchev–Trinajstić information content (AvgIpc) is 3.33. The molecule has 1 aliphatic carbocycles. The Labute approximate surface area is 149 Å². The van der Waals surface area contributed by atoms with E-state index in [1.807, 2.05) is 13.8 Å². The minimum absolute atomic E-state index is 0.0733. The van der Waals surface area contributed by atoms with Crippen LogP contribution in [0.2, 0.25) is 0 Å². The molecule has 132 valence electrons. The molecule has 25 heavy (non-hydrogen) atoms. The molecule has 7 nitrogen and oxygen atoms in total. The first-order valence-corrected chi connectivity index (χ1v) is 9.01. The summed E-state index contributed by atoms with van der Waals surface area (Å²) < 4.78 is 5.53. The van der Waals surface area contributed by atoms with Crippen LogP contribution in [0.25, 0.3) is 0 Å². The summed E-state index contributed by atoms with van der Waals surface area (Å²) in [6, 6.07) is 6.79. The summed E-state index contributed by atoms with van der Waals surface area (Å²) in [6.45, 7) is 3.75. The number of rotatable bonds is 7. The van der Waals surface area contributed by atoms with E-state index in [2.05, 4.69) is 20.8 Å². The van der Waals surface area contributed by atoms with Crippen LogP contribution >= 0.6 is 11.3 Å². The number of ether oxygens (including phenoxy) is 1. The lowest BCUT2D eigenvalue weighted by molar-refractivity contribution is -0.115. The van der Waals surface area contributed by atoms with Crippen molar-refractivity contribution in [3.05, 3.63) is 34.8 Å². The number of carbonyl (C=O) groups excluding carboxylic acids is 2. The van der Waals surface area contributed by atoms with Crippen LogP contribution in [-0.2, 0) is 4.79 Å². The van der Waals surface area contributed by atoms with Crippen LogP contribution in [0.4, 0.5) is 5.13 Å². The van der Waals surface area contributed by atoms with E-state index in [-0.39, 0.29) is 24.5 Å². The highest BCUT2D eigenvalue weighted by Crippen LogP contribution is 2.41. The second-order valence-electron chi connectivity index (χ2n) is 6.14. The third kappa shape index (κ3) is 4.99. The van der Waals surface area contributed by atoms with Gasteiger partial charge in [-0.15, -0.1) is 10.2 Å². The maximum Gasteiger partial charge on any atom is 0.251 e. The van der Waals surface area contributed by atoms with Gasteiger partial charge in [0.15, 0.2) is 0 Å². The Bertz CT molecular complexity index is 754. The maximum atomic E-state index is 12.1. The highest BCUT2D eigenvalue weighted by molar-refractivity contribution is 7.15. The van der Waals surface area contributed by atoms with Crippen molar-refractivity contribution in [1.29, 1.82) is 0 Å². The van der Waals surface area contributed by atoms with Crippen LogP contribution in [0.15, 0.2) is 24.3 Å². The summed E-state index contributed by atoms with van der Waals surface area (Å²) in [7, 11) is 0. The zero-order valence-electron chi connectivity index (χ0n) is 14.1. The molecule has 2 N–H and O–H groups in total. The van der Waals surface area contributed by atoms with Crippen LogP contribution < -0.4 is 15.4 Å². The quantitative estimate of drug-likeness (QED) is 0.791. The van der Waals surface area contributed by atoms with Gasteiger partial charge in [-0.2, -0.15) is 0 Å².